The molecule has 0 aliphatic rings. The largest absolute Gasteiger partial charge is 0.256 e. The van der Waals surface area contributed by atoms with Gasteiger partial charge in [0.15, 0.2) is 0 Å². The summed E-state index contributed by atoms with van der Waals surface area (Å²) in [5, 5.41) is 12.0. The lowest BCUT2D eigenvalue weighted by Crippen LogP contribution is -1.94. The summed E-state index contributed by atoms with van der Waals surface area (Å²) in [4.78, 5) is 10.1. The summed E-state index contributed by atoms with van der Waals surface area (Å²) in [5.41, 5.74) is 11.4. The van der Waals surface area contributed by atoms with Crippen LogP contribution in [-0.2, 0) is 0 Å². The molecular formula is C52H32N2. The van der Waals surface area contributed by atoms with E-state index >= 15 is 0 Å². The number of fused-ring (bicyclic) bond motifs is 6. The number of hydrogen-bond donors (Lipinski definition) is 0. The summed E-state index contributed by atoms with van der Waals surface area (Å²) in [6.07, 6.45) is 3.83. The Morgan fingerprint density at radius 2 is 0.574 bits per heavy atom. The molecule has 0 aliphatic carbocycles. The molecule has 0 aliphatic heterocycles. The molecule has 0 fully saturated rings. The van der Waals surface area contributed by atoms with E-state index in [0.29, 0.717) is 0 Å². The van der Waals surface area contributed by atoms with Gasteiger partial charge in [0.25, 0.3) is 0 Å². The summed E-state index contributed by atoms with van der Waals surface area (Å²) in [7, 11) is 0. The number of nitrogens with zero attached hydrogens (tertiary/aromatic N) is 2. The van der Waals surface area contributed by atoms with Crippen molar-refractivity contribution in [2.45, 2.75) is 0 Å². The van der Waals surface area contributed by atoms with Crippen LogP contribution in [0.3, 0.4) is 0 Å². The monoisotopic (exact) mass is 684 g/mol. The Hall–Kier alpha value is -7.16. The maximum Gasteiger partial charge on any atom is 0.0792 e. The molecule has 2 heteroatoms. The van der Waals surface area contributed by atoms with Crippen LogP contribution in [0.1, 0.15) is 0 Å². The quantitative estimate of drug-likeness (QED) is 0.172. The zero-order valence-electron chi connectivity index (χ0n) is 29.4. The normalized spacial score (nSPS) is 11.7. The third-order valence-electron chi connectivity index (χ3n) is 11.1. The molecule has 0 radical (unpaired) electrons. The van der Waals surface area contributed by atoms with Gasteiger partial charge in [-0.2, -0.15) is 0 Å². The Labute approximate surface area is 312 Å². The molecule has 2 heterocycles. The van der Waals surface area contributed by atoms with Crippen molar-refractivity contribution in [2.75, 3.05) is 0 Å². The Balaban J connectivity index is 1.11. The van der Waals surface area contributed by atoms with Gasteiger partial charge in [-0.05, 0) is 101 Å². The summed E-state index contributed by atoms with van der Waals surface area (Å²) in [6, 6.07) is 65.9. The van der Waals surface area contributed by atoms with Gasteiger partial charge in [-0.3, -0.25) is 9.97 Å². The second-order valence-corrected chi connectivity index (χ2v) is 14.1. The smallest absolute Gasteiger partial charge is 0.0792 e. The molecule has 0 saturated carbocycles. The van der Waals surface area contributed by atoms with Crippen LogP contribution in [0.5, 0.6) is 0 Å². The molecule has 9 aromatic carbocycles. The summed E-state index contributed by atoms with van der Waals surface area (Å²) in [6.45, 7) is 0. The summed E-state index contributed by atoms with van der Waals surface area (Å²) >= 11 is 0. The molecule has 11 rings (SSSR count). The average Bonchev–Trinajstić information content (AvgIpc) is 3.24. The van der Waals surface area contributed by atoms with Crippen LogP contribution >= 0.6 is 0 Å². The molecule has 0 atom stereocenters. The van der Waals surface area contributed by atoms with Gasteiger partial charge in [0, 0.05) is 34.3 Å². The molecule has 0 spiro atoms. The van der Waals surface area contributed by atoms with Crippen LogP contribution in [0, 0.1) is 0 Å². The maximum absolute atomic E-state index is 5.05. The van der Waals surface area contributed by atoms with Crippen LogP contribution in [-0.4, -0.2) is 9.97 Å². The van der Waals surface area contributed by atoms with Gasteiger partial charge in [0.05, 0.1) is 11.0 Å². The Morgan fingerprint density at radius 3 is 1.00 bits per heavy atom. The first-order valence-electron chi connectivity index (χ1n) is 18.5. The molecule has 0 unspecified atom stereocenters. The highest BCUT2D eigenvalue weighted by Crippen LogP contribution is 2.46. The highest BCUT2D eigenvalue weighted by atomic mass is 14.7. The van der Waals surface area contributed by atoms with E-state index in [0.717, 1.165) is 32.9 Å². The molecule has 11 aromatic rings. The molecule has 2 nitrogen and oxygen atoms in total. The minimum Gasteiger partial charge on any atom is -0.256 e. The fraction of sp³-hybridized carbons (Fsp3) is 0. The molecule has 250 valence electrons. The molecule has 0 bridgehead atoms. The standard InChI is InChI=1S/C52H32N2/c1-3-13-37-31-39(27-21-33(37)11-1)49-43-17-7-5-15-41(43)47(45-19-9-29-53-51(45)49)35-23-25-36(26-24-35)48-42-16-6-8-18-44(42)50(52-46(48)20-10-30-54-52)40-28-22-34-12-2-4-14-38(34)32-40/h1-32H. The van der Waals surface area contributed by atoms with E-state index in [4.69, 9.17) is 9.97 Å². The van der Waals surface area contributed by atoms with E-state index in [1.54, 1.807) is 0 Å². The van der Waals surface area contributed by atoms with Gasteiger partial charge in [0.1, 0.15) is 0 Å². The SMILES string of the molecule is c1ccc2cc(-c3c4ccccc4c(-c4ccc(-c5c6ccccc6c(-c6ccc7ccccc7c6)c6ncccc56)cc4)c4cccnc34)ccc2c1. The second-order valence-electron chi connectivity index (χ2n) is 14.1. The minimum atomic E-state index is 1.01. The number of benzene rings is 9. The number of aromatic nitrogens is 2. The highest BCUT2D eigenvalue weighted by molar-refractivity contribution is 6.22. The summed E-state index contributed by atoms with van der Waals surface area (Å²) in [5.74, 6) is 0. The lowest BCUT2D eigenvalue weighted by Gasteiger charge is -2.19. The molecule has 2 aromatic heterocycles. The molecule has 0 saturated heterocycles. The van der Waals surface area contributed by atoms with Crippen molar-refractivity contribution >= 4 is 64.9 Å². The lowest BCUT2D eigenvalue weighted by molar-refractivity contribution is 1.42. The van der Waals surface area contributed by atoms with E-state index in [1.807, 2.05) is 12.4 Å². The van der Waals surface area contributed by atoms with Gasteiger partial charge in [-0.15, -0.1) is 0 Å². The van der Waals surface area contributed by atoms with Crippen molar-refractivity contribution in [2.24, 2.45) is 0 Å². The van der Waals surface area contributed by atoms with Crippen LogP contribution in [0.2, 0.25) is 0 Å². The van der Waals surface area contributed by atoms with Crippen molar-refractivity contribution in [3.05, 3.63) is 194 Å². The van der Waals surface area contributed by atoms with E-state index in [2.05, 4.69) is 182 Å². The van der Waals surface area contributed by atoms with Crippen molar-refractivity contribution in [1.82, 2.24) is 9.97 Å². The average molecular weight is 685 g/mol. The molecule has 54 heavy (non-hydrogen) atoms. The first kappa shape index (κ1) is 30.5. The second kappa shape index (κ2) is 12.2. The highest BCUT2D eigenvalue weighted by Gasteiger charge is 2.20. The van der Waals surface area contributed by atoms with E-state index < -0.39 is 0 Å². The third kappa shape index (κ3) is 4.74. The van der Waals surface area contributed by atoms with Gasteiger partial charge in [-0.1, -0.05) is 158 Å². The van der Waals surface area contributed by atoms with Crippen molar-refractivity contribution < 1.29 is 0 Å². The van der Waals surface area contributed by atoms with Crippen molar-refractivity contribution in [3.63, 3.8) is 0 Å². The fourth-order valence-corrected chi connectivity index (χ4v) is 8.70. The Bertz CT molecular complexity index is 2930. The fourth-order valence-electron chi connectivity index (χ4n) is 8.70. The van der Waals surface area contributed by atoms with Crippen LogP contribution < -0.4 is 0 Å². The van der Waals surface area contributed by atoms with Crippen LogP contribution in [0.4, 0.5) is 0 Å². The lowest BCUT2D eigenvalue weighted by atomic mass is 9.85. The van der Waals surface area contributed by atoms with Gasteiger partial charge in [-0.25, -0.2) is 0 Å². The number of hydrogen-bond acceptors (Lipinski definition) is 2. The number of rotatable bonds is 4. The Kier molecular flexibility index (Phi) is 6.90. The summed E-state index contributed by atoms with van der Waals surface area (Å²) < 4.78 is 0. The van der Waals surface area contributed by atoms with Crippen molar-refractivity contribution in [1.29, 1.82) is 0 Å². The maximum atomic E-state index is 5.05. The van der Waals surface area contributed by atoms with Crippen LogP contribution in [0.25, 0.3) is 109 Å². The molecule has 0 amide bonds. The van der Waals surface area contributed by atoms with E-state index in [-0.39, 0.29) is 0 Å². The van der Waals surface area contributed by atoms with Gasteiger partial charge >= 0.3 is 0 Å². The van der Waals surface area contributed by atoms with Gasteiger partial charge < -0.3 is 0 Å². The Morgan fingerprint density at radius 1 is 0.241 bits per heavy atom. The number of pyridine rings is 2. The molecular weight excluding hydrogens is 653 g/mol. The predicted octanol–water partition coefficient (Wildman–Crippen LogP) is 14.1. The molecule has 0 N–H and O–H groups in total. The zero-order chi connectivity index (χ0) is 35.6. The van der Waals surface area contributed by atoms with E-state index in [1.165, 1.54) is 76.5 Å². The third-order valence-corrected chi connectivity index (χ3v) is 11.1. The first-order valence-corrected chi connectivity index (χ1v) is 18.5. The predicted molar refractivity (Wildman–Crippen MR) is 229 cm³/mol. The van der Waals surface area contributed by atoms with Gasteiger partial charge in [0.2, 0.25) is 0 Å². The minimum absolute atomic E-state index is 1.01. The topological polar surface area (TPSA) is 25.8 Å². The zero-order valence-corrected chi connectivity index (χ0v) is 29.4. The first-order chi connectivity index (χ1) is 26.8. The van der Waals surface area contributed by atoms with Crippen LogP contribution in [0.15, 0.2) is 194 Å². The van der Waals surface area contributed by atoms with Crippen molar-refractivity contribution in [3.8, 4) is 44.5 Å². The van der Waals surface area contributed by atoms with E-state index in [9.17, 15) is 0 Å².